The minimum absolute atomic E-state index is 0.870. The Balaban J connectivity index is 2.39. The molecule has 1 aromatic rings. The van der Waals surface area contributed by atoms with Crippen molar-refractivity contribution < 1.29 is 4.74 Å². The normalized spacial score (nSPS) is 16.4. The van der Waals surface area contributed by atoms with Crippen LogP contribution >= 0.6 is 11.5 Å². The first kappa shape index (κ1) is 5.23. The number of hydrogen-bond acceptors (Lipinski definition) is 3. The molecule has 0 amide bonds. The monoisotopic (exact) mass is 141 g/mol. The lowest BCUT2D eigenvalue weighted by atomic mass is 10.2. The summed E-state index contributed by atoms with van der Waals surface area (Å²) in [7, 11) is 0. The van der Waals surface area contributed by atoms with Crippen LogP contribution in [-0.2, 0) is 6.42 Å². The summed E-state index contributed by atoms with van der Waals surface area (Å²) in [5, 5.41) is 1.03. The zero-order chi connectivity index (χ0) is 6.10. The van der Waals surface area contributed by atoms with Crippen LogP contribution in [0.4, 0.5) is 0 Å². The molecule has 0 N–H and O–H groups in total. The van der Waals surface area contributed by atoms with Gasteiger partial charge in [-0.15, -0.1) is 0 Å². The van der Waals surface area contributed by atoms with E-state index in [1.54, 1.807) is 0 Å². The van der Waals surface area contributed by atoms with Gasteiger partial charge in [-0.05, 0) is 12.8 Å². The Morgan fingerprint density at radius 2 is 2.67 bits per heavy atom. The number of ether oxygens (including phenoxy) is 1. The molecule has 0 spiro atoms. The Bertz CT molecular complexity index is 188. The maximum Gasteiger partial charge on any atom is 0.196 e. The lowest BCUT2D eigenvalue weighted by Crippen LogP contribution is -2.04. The van der Waals surface area contributed by atoms with E-state index in [2.05, 4.69) is 4.37 Å². The molecular formula is C6H7NOS. The summed E-state index contributed by atoms with van der Waals surface area (Å²) < 4.78 is 9.34. The molecule has 0 radical (unpaired) electrons. The van der Waals surface area contributed by atoms with Crippen molar-refractivity contribution in [2.75, 3.05) is 6.61 Å². The van der Waals surface area contributed by atoms with Crippen LogP contribution in [0.15, 0.2) is 6.20 Å². The Kier molecular flexibility index (Phi) is 1.16. The van der Waals surface area contributed by atoms with E-state index < -0.39 is 0 Å². The van der Waals surface area contributed by atoms with E-state index in [9.17, 15) is 0 Å². The molecule has 0 aliphatic carbocycles. The second kappa shape index (κ2) is 1.99. The molecule has 2 rings (SSSR count). The van der Waals surface area contributed by atoms with Crippen molar-refractivity contribution in [3.63, 3.8) is 0 Å². The summed E-state index contributed by atoms with van der Waals surface area (Å²) in [4.78, 5) is 0. The Hall–Kier alpha value is -0.570. The topological polar surface area (TPSA) is 22.1 Å². The van der Waals surface area contributed by atoms with Crippen LogP contribution in [0.2, 0.25) is 0 Å². The lowest BCUT2D eigenvalue weighted by molar-refractivity contribution is 0.298. The van der Waals surface area contributed by atoms with E-state index in [1.807, 2.05) is 6.20 Å². The van der Waals surface area contributed by atoms with E-state index in [1.165, 1.54) is 17.1 Å². The quantitative estimate of drug-likeness (QED) is 0.545. The van der Waals surface area contributed by atoms with Crippen LogP contribution in [0.5, 0.6) is 5.06 Å². The SMILES string of the molecule is c1nsc2c1CCCO2. The van der Waals surface area contributed by atoms with Gasteiger partial charge in [-0.25, -0.2) is 0 Å². The van der Waals surface area contributed by atoms with Crippen LogP contribution in [0.1, 0.15) is 12.0 Å². The van der Waals surface area contributed by atoms with Gasteiger partial charge in [0.05, 0.1) is 6.61 Å². The molecule has 2 heterocycles. The summed E-state index contributed by atoms with van der Waals surface area (Å²) in [6.45, 7) is 0.870. The van der Waals surface area contributed by atoms with Crippen LogP contribution in [-0.4, -0.2) is 11.0 Å². The van der Waals surface area contributed by atoms with Crippen LogP contribution in [0, 0.1) is 0 Å². The average molecular weight is 141 g/mol. The largest absolute Gasteiger partial charge is 0.483 e. The van der Waals surface area contributed by atoms with Crippen LogP contribution in [0.25, 0.3) is 0 Å². The molecule has 0 fully saturated rings. The Morgan fingerprint density at radius 1 is 1.67 bits per heavy atom. The minimum atomic E-state index is 0.870. The molecule has 0 bridgehead atoms. The molecule has 0 saturated carbocycles. The number of nitrogens with zero attached hydrogens (tertiary/aromatic N) is 1. The summed E-state index contributed by atoms with van der Waals surface area (Å²) >= 11 is 1.45. The van der Waals surface area contributed by atoms with E-state index in [4.69, 9.17) is 4.74 Å². The first-order valence-corrected chi connectivity index (χ1v) is 3.80. The van der Waals surface area contributed by atoms with Gasteiger partial charge in [-0.2, -0.15) is 4.37 Å². The van der Waals surface area contributed by atoms with Crippen molar-refractivity contribution in [1.82, 2.24) is 4.37 Å². The predicted octanol–water partition coefficient (Wildman–Crippen LogP) is 1.47. The van der Waals surface area contributed by atoms with Gasteiger partial charge in [0, 0.05) is 23.3 Å². The van der Waals surface area contributed by atoms with Gasteiger partial charge in [-0.3, -0.25) is 0 Å². The van der Waals surface area contributed by atoms with Gasteiger partial charge in [0.1, 0.15) is 0 Å². The first-order valence-electron chi connectivity index (χ1n) is 3.03. The average Bonchev–Trinajstić information content (AvgIpc) is 2.33. The van der Waals surface area contributed by atoms with Gasteiger partial charge in [0.15, 0.2) is 5.06 Å². The fraction of sp³-hybridized carbons (Fsp3) is 0.500. The number of aryl methyl sites for hydroxylation is 1. The molecule has 9 heavy (non-hydrogen) atoms. The smallest absolute Gasteiger partial charge is 0.196 e. The highest BCUT2D eigenvalue weighted by Crippen LogP contribution is 2.27. The molecular weight excluding hydrogens is 134 g/mol. The van der Waals surface area contributed by atoms with E-state index in [-0.39, 0.29) is 0 Å². The van der Waals surface area contributed by atoms with Crippen molar-refractivity contribution in [2.24, 2.45) is 0 Å². The zero-order valence-electron chi connectivity index (χ0n) is 4.96. The molecule has 0 saturated heterocycles. The van der Waals surface area contributed by atoms with Crippen molar-refractivity contribution in [3.05, 3.63) is 11.8 Å². The third-order valence-electron chi connectivity index (χ3n) is 1.43. The molecule has 0 unspecified atom stereocenters. The van der Waals surface area contributed by atoms with Gasteiger partial charge < -0.3 is 4.74 Å². The molecule has 48 valence electrons. The summed E-state index contributed by atoms with van der Waals surface area (Å²) in [6, 6.07) is 0. The van der Waals surface area contributed by atoms with E-state index in [0.29, 0.717) is 0 Å². The van der Waals surface area contributed by atoms with Crippen molar-refractivity contribution in [2.45, 2.75) is 12.8 Å². The molecule has 0 atom stereocenters. The van der Waals surface area contributed by atoms with Crippen molar-refractivity contribution in [1.29, 1.82) is 0 Å². The predicted molar refractivity (Wildman–Crippen MR) is 35.9 cm³/mol. The number of rotatable bonds is 0. The minimum Gasteiger partial charge on any atom is -0.483 e. The number of hydrogen-bond donors (Lipinski definition) is 0. The maximum atomic E-state index is 5.32. The molecule has 0 aromatic carbocycles. The van der Waals surface area contributed by atoms with Gasteiger partial charge >= 0.3 is 0 Å². The van der Waals surface area contributed by atoms with E-state index >= 15 is 0 Å². The highest BCUT2D eigenvalue weighted by atomic mass is 32.1. The second-order valence-corrected chi connectivity index (χ2v) is 2.85. The Labute approximate surface area is 57.6 Å². The number of fused-ring (bicyclic) bond motifs is 1. The van der Waals surface area contributed by atoms with Crippen molar-refractivity contribution >= 4 is 11.5 Å². The maximum absolute atomic E-state index is 5.32. The second-order valence-electron chi connectivity index (χ2n) is 2.09. The highest BCUT2D eigenvalue weighted by molar-refractivity contribution is 7.07. The lowest BCUT2D eigenvalue weighted by Gasteiger charge is -2.09. The zero-order valence-corrected chi connectivity index (χ0v) is 5.78. The van der Waals surface area contributed by atoms with Crippen molar-refractivity contribution in [3.8, 4) is 5.06 Å². The first-order chi connectivity index (χ1) is 4.47. The molecule has 2 nitrogen and oxygen atoms in total. The summed E-state index contributed by atoms with van der Waals surface area (Å²) in [6.07, 6.45) is 4.19. The molecule has 3 heteroatoms. The fourth-order valence-electron chi connectivity index (χ4n) is 0.962. The number of aromatic nitrogens is 1. The van der Waals surface area contributed by atoms with E-state index in [0.717, 1.165) is 24.5 Å². The Morgan fingerprint density at radius 3 is 3.56 bits per heavy atom. The molecule has 1 aromatic heterocycles. The van der Waals surface area contributed by atoms with Crippen LogP contribution in [0.3, 0.4) is 0 Å². The third kappa shape index (κ3) is 0.812. The van der Waals surface area contributed by atoms with Gasteiger partial charge in [0.2, 0.25) is 0 Å². The van der Waals surface area contributed by atoms with Gasteiger partial charge in [-0.1, -0.05) is 0 Å². The standard InChI is InChI=1S/C6H7NOS/c1-2-5-4-7-9-6(5)8-3-1/h4H,1-3H2. The van der Waals surface area contributed by atoms with Crippen LogP contribution < -0.4 is 4.74 Å². The van der Waals surface area contributed by atoms with Gasteiger partial charge in [0.25, 0.3) is 0 Å². The molecule has 1 aliphatic rings. The fourth-order valence-corrected chi connectivity index (χ4v) is 1.65. The highest BCUT2D eigenvalue weighted by Gasteiger charge is 2.10. The third-order valence-corrected chi connectivity index (χ3v) is 2.19. The summed E-state index contributed by atoms with van der Waals surface area (Å²) in [5.74, 6) is 0. The molecule has 1 aliphatic heterocycles. The summed E-state index contributed by atoms with van der Waals surface area (Å²) in [5.41, 5.74) is 1.28.